The number of aromatic nitrogens is 1. The third kappa shape index (κ3) is 4.73. The van der Waals surface area contributed by atoms with Gasteiger partial charge in [-0.3, -0.25) is 9.59 Å². The fourth-order valence-corrected chi connectivity index (χ4v) is 4.05. The van der Waals surface area contributed by atoms with Crippen LogP contribution in [0.1, 0.15) is 24.5 Å². The molecule has 0 radical (unpaired) electrons. The zero-order valence-electron chi connectivity index (χ0n) is 17.3. The minimum absolute atomic E-state index is 0.0648. The highest BCUT2D eigenvalue weighted by Crippen LogP contribution is 2.40. The van der Waals surface area contributed by atoms with Crippen molar-refractivity contribution in [3.63, 3.8) is 0 Å². The molecule has 2 aromatic carbocycles. The van der Waals surface area contributed by atoms with E-state index in [4.69, 9.17) is 4.74 Å². The summed E-state index contributed by atoms with van der Waals surface area (Å²) in [6.07, 6.45) is 3.89. The summed E-state index contributed by atoms with van der Waals surface area (Å²) < 4.78 is 5.15. The van der Waals surface area contributed by atoms with Crippen molar-refractivity contribution >= 4 is 22.8 Å². The van der Waals surface area contributed by atoms with Gasteiger partial charge in [-0.15, -0.1) is 0 Å². The van der Waals surface area contributed by atoms with Crippen LogP contribution in [-0.4, -0.2) is 41.5 Å². The van der Waals surface area contributed by atoms with Crippen LogP contribution in [0.4, 0.5) is 0 Å². The molecule has 1 N–H and O–H groups in total. The van der Waals surface area contributed by atoms with E-state index in [0.29, 0.717) is 26.1 Å². The molecule has 1 saturated carbocycles. The smallest absolute Gasteiger partial charge is 0.309 e. The maximum absolute atomic E-state index is 13.2. The zero-order chi connectivity index (χ0) is 20.9. The van der Waals surface area contributed by atoms with Crippen molar-refractivity contribution in [2.24, 2.45) is 11.8 Å². The average Bonchev–Trinajstić information content (AvgIpc) is 3.44. The second kappa shape index (κ2) is 9.16. The fourth-order valence-electron chi connectivity index (χ4n) is 4.05. The lowest BCUT2D eigenvalue weighted by Crippen LogP contribution is -2.36. The molecule has 4 rings (SSSR count). The number of para-hydroxylation sites is 1. The number of hydrogen-bond acceptors (Lipinski definition) is 3. The van der Waals surface area contributed by atoms with Gasteiger partial charge in [0.25, 0.3) is 0 Å². The van der Waals surface area contributed by atoms with Gasteiger partial charge < -0.3 is 14.6 Å². The Balaban J connectivity index is 1.44. The number of esters is 1. The van der Waals surface area contributed by atoms with Gasteiger partial charge in [0, 0.05) is 30.2 Å². The van der Waals surface area contributed by atoms with E-state index in [1.165, 1.54) is 5.56 Å². The Morgan fingerprint density at radius 1 is 1.10 bits per heavy atom. The molecule has 1 aliphatic carbocycles. The summed E-state index contributed by atoms with van der Waals surface area (Å²) in [5.41, 5.74) is 3.26. The Morgan fingerprint density at radius 2 is 1.87 bits per heavy atom. The second-order valence-corrected chi connectivity index (χ2v) is 7.97. The lowest BCUT2D eigenvalue weighted by Gasteiger charge is -2.23. The summed E-state index contributed by atoms with van der Waals surface area (Å²) >= 11 is 0. The number of nitrogens with one attached hydrogen (secondary N) is 1. The summed E-state index contributed by atoms with van der Waals surface area (Å²) in [7, 11) is 0. The maximum Gasteiger partial charge on any atom is 0.309 e. The minimum Gasteiger partial charge on any atom is -0.466 e. The van der Waals surface area contributed by atoms with Crippen molar-refractivity contribution in [1.82, 2.24) is 9.88 Å². The molecule has 1 aliphatic rings. The Kier molecular flexibility index (Phi) is 6.17. The quantitative estimate of drug-likeness (QED) is 0.549. The lowest BCUT2D eigenvalue weighted by atomic mass is 10.1. The number of fused-ring (bicyclic) bond motifs is 1. The highest BCUT2D eigenvalue weighted by atomic mass is 16.5. The summed E-state index contributed by atoms with van der Waals surface area (Å²) in [5.74, 6) is 0.108. The molecule has 5 heteroatoms. The number of H-pyrrole nitrogens is 1. The second-order valence-electron chi connectivity index (χ2n) is 7.97. The molecule has 2 atom stereocenters. The molecule has 0 saturated heterocycles. The number of amides is 1. The predicted molar refractivity (Wildman–Crippen MR) is 117 cm³/mol. The molecule has 1 heterocycles. The first-order valence-electron chi connectivity index (χ1n) is 10.7. The maximum atomic E-state index is 13.2. The molecule has 156 valence electrons. The van der Waals surface area contributed by atoms with Gasteiger partial charge in [-0.2, -0.15) is 0 Å². The predicted octanol–water partition coefficient (Wildman–Crippen LogP) is 3.98. The van der Waals surface area contributed by atoms with E-state index in [1.807, 2.05) is 60.5 Å². The number of carbonyl (C=O) groups excluding carboxylic acids is 2. The lowest BCUT2D eigenvalue weighted by molar-refractivity contribution is -0.145. The topological polar surface area (TPSA) is 62.4 Å². The summed E-state index contributed by atoms with van der Waals surface area (Å²) in [5, 5.41) is 1.09. The third-order valence-electron chi connectivity index (χ3n) is 5.85. The molecule has 0 bridgehead atoms. The van der Waals surface area contributed by atoms with Gasteiger partial charge in [-0.25, -0.2) is 0 Å². The number of benzene rings is 2. The van der Waals surface area contributed by atoms with Crippen LogP contribution in [0, 0.1) is 11.8 Å². The first-order chi connectivity index (χ1) is 14.7. The standard InChI is InChI=1S/C25H28N2O3/c1-2-30-25(29)22-14-20(22)17-27(13-12-18-8-4-3-5-9-18)24(28)15-19-16-26-23-11-7-6-10-21(19)23/h3-11,16,20,22,26H,2,12-15,17H2,1H3/t20-,22+/m1/s1. The molecule has 0 spiro atoms. The Labute approximate surface area is 177 Å². The van der Waals surface area contributed by atoms with E-state index in [9.17, 15) is 9.59 Å². The van der Waals surface area contributed by atoms with E-state index in [0.717, 1.165) is 29.3 Å². The molecule has 5 nitrogen and oxygen atoms in total. The number of ether oxygens (including phenoxy) is 1. The number of hydrogen-bond donors (Lipinski definition) is 1. The Bertz CT molecular complexity index is 1010. The van der Waals surface area contributed by atoms with Crippen LogP contribution in [0.15, 0.2) is 60.8 Å². The van der Waals surface area contributed by atoms with Crippen molar-refractivity contribution in [1.29, 1.82) is 0 Å². The van der Waals surface area contributed by atoms with E-state index < -0.39 is 0 Å². The van der Waals surface area contributed by atoms with Crippen LogP contribution >= 0.6 is 0 Å². The van der Waals surface area contributed by atoms with Gasteiger partial charge in [0.2, 0.25) is 5.91 Å². The Morgan fingerprint density at radius 3 is 2.67 bits per heavy atom. The minimum atomic E-state index is -0.130. The number of nitrogens with zero attached hydrogens (tertiary/aromatic N) is 1. The number of rotatable bonds is 9. The van der Waals surface area contributed by atoms with Gasteiger partial charge >= 0.3 is 5.97 Å². The SMILES string of the molecule is CCOC(=O)[C@H]1C[C@@H]1CN(CCc1ccccc1)C(=O)Cc1c[nH]c2ccccc12. The summed E-state index contributed by atoms with van der Waals surface area (Å²) in [6, 6.07) is 18.2. The van der Waals surface area contributed by atoms with Crippen molar-refractivity contribution in [3.05, 3.63) is 71.9 Å². The first kappa shape index (κ1) is 20.2. The molecule has 3 aromatic rings. The monoisotopic (exact) mass is 404 g/mol. The van der Waals surface area contributed by atoms with E-state index in [1.54, 1.807) is 0 Å². The number of aromatic amines is 1. The van der Waals surface area contributed by atoms with Gasteiger partial charge in [0.1, 0.15) is 0 Å². The van der Waals surface area contributed by atoms with Gasteiger partial charge in [-0.05, 0) is 42.9 Å². The van der Waals surface area contributed by atoms with Crippen molar-refractivity contribution in [2.45, 2.75) is 26.2 Å². The van der Waals surface area contributed by atoms with Crippen LogP contribution in [0.25, 0.3) is 10.9 Å². The first-order valence-corrected chi connectivity index (χ1v) is 10.7. The molecule has 1 amide bonds. The molecule has 1 fully saturated rings. The molecular formula is C25H28N2O3. The molecule has 0 unspecified atom stereocenters. The van der Waals surface area contributed by atoms with E-state index in [2.05, 4.69) is 17.1 Å². The fraction of sp³-hybridized carbons (Fsp3) is 0.360. The van der Waals surface area contributed by atoms with Gasteiger partial charge in [0.15, 0.2) is 0 Å². The average molecular weight is 405 g/mol. The van der Waals surface area contributed by atoms with Gasteiger partial charge in [-0.1, -0.05) is 48.5 Å². The molecule has 30 heavy (non-hydrogen) atoms. The van der Waals surface area contributed by atoms with Crippen molar-refractivity contribution in [2.75, 3.05) is 19.7 Å². The third-order valence-corrected chi connectivity index (χ3v) is 5.85. The van der Waals surface area contributed by atoms with Crippen LogP contribution in [0.2, 0.25) is 0 Å². The summed E-state index contributed by atoms with van der Waals surface area (Å²) in [4.78, 5) is 30.4. The van der Waals surface area contributed by atoms with Crippen molar-refractivity contribution < 1.29 is 14.3 Å². The highest BCUT2D eigenvalue weighted by Gasteiger charge is 2.45. The molecule has 0 aliphatic heterocycles. The van der Waals surface area contributed by atoms with E-state index >= 15 is 0 Å². The largest absolute Gasteiger partial charge is 0.466 e. The van der Waals surface area contributed by atoms with Crippen LogP contribution in [0.3, 0.4) is 0 Å². The number of carbonyl (C=O) groups is 2. The van der Waals surface area contributed by atoms with Crippen LogP contribution < -0.4 is 0 Å². The normalized spacial score (nSPS) is 17.6. The van der Waals surface area contributed by atoms with Crippen molar-refractivity contribution in [3.8, 4) is 0 Å². The zero-order valence-corrected chi connectivity index (χ0v) is 17.3. The molecule has 1 aromatic heterocycles. The molecular weight excluding hydrogens is 376 g/mol. The van der Waals surface area contributed by atoms with Crippen LogP contribution in [0.5, 0.6) is 0 Å². The van der Waals surface area contributed by atoms with E-state index in [-0.39, 0.29) is 23.7 Å². The summed E-state index contributed by atoms with van der Waals surface area (Å²) in [6.45, 7) is 3.49. The van der Waals surface area contributed by atoms with Gasteiger partial charge in [0.05, 0.1) is 18.9 Å². The van der Waals surface area contributed by atoms with Crippen LogP contribution in [-0.2, 0) is 27.2 Å². The highest BCUT2D eigenvalue weighted by molar-refractivity contribution is 5.89. The Hall–Kier alpha value is -3.08.